The summed E-state index contributed by atoms with van der Waals surface area (Å²) in [4.78, 5) is 0. The third kappa shape index (κ3) is 2.84. The number of morpholine rings is 1. The van der Waals surface area contributed by atoms with Gasteiger partial charge in [-0.3, -0.25) is 0 Å². The highest BCUT2D eigenvalue weighted by Gasteiger charge is 2.38. The molecule has 3 heteroatoms. The van der Waals surface area contributed by atoms with Crippen molar-refractivity contribution in [1.29, 1.82) is 0 Å². The van der Waals surface area contributed by atoms with E-state index >= 15 is 0 Å². The summed E-state index contributed by atoms with van der Waals surface area (Å²) in [5.41, 5.74) is 1.44. The van der Waals surface area contributed by atoms with Crippen LogP contribution in [0.1, 0.15) is 44.3 Å². The minimum atomic E-state index is 0.148. The first-order valence-electron chi connectivity index (χ1n) is 7.71. The first-order chi connectivity index (χ1) is 9.71. The van der Waals surface area contributed by atoms with E-state index in [0.717, 1.165) is 24.8 Å². The summed E-state index contributed by atoms with van der Waals surface area (Å²) in [6.45, 7) is 4.10. The van der Waals surface area contributed by atoms with Crippen LogP contribution in [0.3, 0.4) is 0 Å². The van der Waals surface area contributed by atoms with Crippen LogP contribution < -0.4 is 10.1 Å². The third-order valence-corrected chi connectivity index (χ3v) is 4.92. The molecule has 1 saturated heterocycles. The number of hydrogen-bond donors (Lipinski definition) is 1. The topological polar surface area (TPSA) is 30.5 Å². The van der Waals surface area contributed by atoms with Gasteiger partial charge in [0, 0.05) is 12.1 Å². The van der Waals surface area contributed by atoms with Crippen molar-refractivity contribution in [1.82, 2.24) is 5.32 Å². The SMILES string of the molecule is COc1cccc(C2CNC3(CCC(C)CC3)CO2)c1. The van der Waals surface area contributed by atoms with Crippen LogP contribution in [-0.4, -0.2) is 25.8 Å². The Hall–Kier alpha value is -1.06. The fourth-order valence-electron chi connectivity index (χ4n) is 3.37. The van der Waals surface area contributed by atoms with Crippen molar-refractivity contribution in [2.75, 3.05) is 20.3 Å². The molecule has 1 aliphatic carbocycles. The molecule has 1 N–H and O–H groups in total. The summed E-state index contributed by atoms with van der Waals surface area (Å²) in [6, 6.07) is 8.21. The zero-order valence-electron chi connectivity index (χ0n) is 12.5. The van der Waals surface area contributed by atoms with E-state index < -0.39 is 0 Å². The summed E-state index contributed by atoms with van der Waals surface area (Å²) >= 11 is 0. The van der Waals surface area contributed by atoms with Crippen LogP contribution >= 0.6 is 0 Å². The Bertz CT molecular complexity index is 442. The molecule has 2 fully saturated rings. The molecule has 0 radical (unpaired) electrons. The lowest BCUT2D eigenvalue weighted by atomic mass is 9.77. The summed E-state index contributed by atoms with van der Waals surface area (Å²) in [5.74, 6) is 1.77. The summed E-state index contributed by atoms with van der Waals surface area (Å²) in [7, 11) is 1.71. The monoisotopic (exact) mass is 275 g/mol. The van der Waals surface area contributed by atoms with E-state index in [0.29, 0.717) is 0 Å². The fourth-order valence-corrected chi connectivity index (χ4v) is 3.37. The lowest BCUT2D eigenvalue weighted by Crippen LogP contribution is -2.56. The predicted octanol–water partition coefficient (Wildman–Crippen LogP) is 3.31. The molecule has 1 heterocycles. The minimum Gasteiger partial charge on any atom is -0.497 e. The van der Waals surface area contributed by atoms with Gasteiger partial charge in [-0.1, -0.05) is 19.1 Å². The van der Waals surface area contributed by atoms with Crippen LogP contribution in [-0.2, 0) is 4.74 Å². The highest BCUT2D eigenvalue weighted by molar-refractivity contribution is 5.30. The van der Waals surface area contributed by atoms with Crippen LogP contribution in [0, 0.1) is 5.92 Å². The minimum absolute atomic E-state index is 0.148. The summed E-state index contributed by atoms with van der Waals surface area (Å²) in [5, 5.41) is 3.78. The van der Waals surface area contributed by atoms with E-state index in [-0.39, 0.29) is 11.6 Å². The molecule has 1 atom stereocenters. The largest absolute Gasteiger partial charge is 0.497 e. The molecular weight excluding hydrogens is 250 g/mol. The maximum absolute atomic E-state index is 6.17. The van der Waals surface area contributed by atoms with E-state index in [2.05, 4.69) is 24.4 Å². The Balaban J connectivity index is 1.63. The van der Waals surface area contributed by atoms with Crippen LogP contribution in [0.2, 0.25) is 0 Å². The van der Waals surface area contributed by atoms with Gasteiger partial charge >= 0.3 is 0 Å². The first kappa shape index (κ1) is 13.9. The molecule has 3 rings (SSSR count). The molecule has 110 valence electrons. The second-order valence-electron chi connectivity index (χ2n) is 6.42. The van der Waals surface area contributed by atoms with Crippen LogP contribution in [0.5, 0.6) is 5.75 Å². The second-order valence-corrected chi connectivity index (χ2v) is 6.42. The van der Waals surface area contributed by atoms with Crippen molar-refractivity contribution in [3.05, 3.63) is 29.8 Å². The van der Waals surface area contributed by atoms with Gasteiger partial charge in [-0.25, -0.2) is 0 Å². The lowest BCUT2D eigenvalue weighted by Gasteiger charge is -2.45. The standard InChI is InChI=1S/C17H25NO2/c1-13-6-8-17(9-7-13)12-20-16(11-18-17)14-4-3-5-15(10-14)19-2/h3-5,10,13,16,18H,6-9,11-12H2,1-2H3. The van der Waals surface area contributed by atoms with Crippen LogP contribution in [0.25, 0.3) is 0 Å². The molecule has 3 nitrogen and oxygen atoms in total. The van der Waals surface area contributed by atoms with Gasteiger partial charge in [0.25, 0.3) is 0 Å². The molecule has 20 heavy (non-hydrogen) atoms. The second kappa shape index (κ2) is 5.74. The Morgan fingerprint density at radius 3 is 2.75 bits per heavy atom. The fraction of sp³-hybridized carbons (Fsp3) is 0.647. The Labute approximate surface area is 121 Å². The molecule has 1 aromatic rings. The molecule has 1 saturated carbocycles. The molecule has 1 aromatic carbocycles. The molecular formula is C17H25NO2. The zero-order chi connectivity index (χ0) is 14.0. The van der Waals surface area contributed by atoms with Gasteiger partial charge in [-0.05, 0) is 49.3 Å². The molecule has 1 spiro atoms. The third-order valence-electron chi connectivity index (χ3n) is 4.92. The van der Waals surface area contributed by atoms with E-state index in [9.17, 15) is 0 Å². The summed E-state index contributed by atoms with van der Waals surface area (Å²) in [6.07, 6.45) is 5.29. The molecule has 1 aliphatic heterocycles. The smallest absolute Gasteiger partial charge is 0.119 e. The van der Waals surface area contributed by atoms with Gasteiger partial charge in [-0.15, -0.1) is 0 Å². The highest BCUT2D eigenvalue weighted by Crippen LogP contribution is 2.36. The first-order valence-corrected chi connectivity index (χ1v) is 7.71. The lowest BCUT2D eigenvalue weighted by molar-refractivity contribution is -0.0504. The molecule has 0 aromatic heterocycles. The Morgan fingerprint density at radius 1 is 1.30 bits per heavy atom. The van der Waals surface area contributed by atoms with E-state index in [1.165, 1.54) is 31.2 Å². The Morgan fingerprint density at radius 2 is 2.10 bits per heavy atom. The van der Waals surface area contributed by atoms with E-state index in [1.54, 1.807) is 7.11 Å². The van der Waals surface area contributed by atoms with Crippen molar-refractivity contribution < 1.29 is 9.47 Å². The molecule has 0 amide bonds. The zero-order valence-corrected chi connectivity index (χ0v) is 12.5. The van der Waals surface area contributed by atoms with E-state index in [4.69, 9.17) is 9.47 Å². The van der Waals surface area contributed by atoms with Gasteiger partial charge in [0.1, 0.15) is 5.75 Å². The van der Waals surface area contributed by atoms with Gasteiger partial charge < -0.3 is 14.8 Å². The van der Waals surface area contributed by atoms with Crippen molar-refractivity contribution in [3.63, 3.8) is 0 Å². The van der Waals surface area contributed by atoms with Gasteiger partial charge in [0.15, 0.2) is 0 Å². The van der Waals surface area contributed by atoms with Gasteiger partial charge in [-0.2, -0.15) is 0 Å². The average molecular weight is 275 g/mol. The van der Waals surface area contributed by atoms with Crippen molar-refractivity contribution >= 4 is 0 Å². The average Bonchev–Trinajstić information content (AvgIpc) is 2.51. The molecule has 0 bridgehead atoms. The predicted molar refractivity (Wildman–Crippen MR) is 80.1 cm³/mol. The molecule has 2 aliphatic rings. The number of ether oxygens (including phenoxy) is 2. The molecule has 1 unspecified atom stereocenters. The normalized spacial score (nSPS) is 34.1. The number of benzene rings is 1. The van der Waals surface area contributed by atoms with E-state index in [1.807, 2.05) is 12.1 Å². The van der Waals surface area contributed by atoms with Gasteiger partial charge in [0.05, 0.1) is 19.8 Å². The van der Waals surface area contributed by atoms with Gasteiger partial charge in [0.2, 0.25) is 0 Å². The number of methoxy groups -OCH3 is 1. The number of hydrogen-bond acceptors (Lipinski definition) is 3. The number of nitrogens with one attached hydrogen (secondary N) is 1. The van der Waals surface area contributed by atoms with Crippen molar-refractivity contribution in [3.8, 4) is 5.75 Å². The Kier molecular flexibility index (Phi) is 3.99. The van der Waals surface area contributed by atoms with Crippen LogP contribution in [0.4, 0.5) is 0 Å². The van der Waals surface area contributed by atoms with Crippen molar-refractivity contribution in [2.45, 2.75) is 44.2 Å². The number of rotatable bonds is 2. The van der Waals surface area contributed by atoms with Crippen molar-refractivity contribution in [2.24, 2.45) is 5.92 Å². The highest BCUT2D eigenvalue weighted by atomic mass is 16.5. The maximum atomic E-state index is 6.17. The summed E-state index contributed by atoms with van der Waals surface area (Å²) < 4.78 is 11.5. The quantitative estimate of drug-likeness (QED) is 0.898. The maximum Gasteiger partial charge on any atom is 0.119 e. The van der Waals surface area contributed by atoms with Crippen LogP contribution in [0.15, 0.2) is 24.3 Å².